The molecule has 1 rings (SSSR count). The van der Waals surface area contributed by atoms with E-state index in [1.54, 1.807) is 0 Å². The average molecular weight is 224 g/mol. The molecule has 2 nitrogen and oxygen atoms in total. The van der Waals surface area contributed by atoms with Crippen molar-refractivity contribution in [2.45, 2.75) is 54.1 Å². The summed E-state index contributed by atoms with van der Waals surface area (Å²) in [6, 6.07) is 0. The van der Waals surface area contributed by atoms with E-state index in [0.29, 0.717) is 17.8 Å². The minimum Gasteiger partial charge on any atom is -0.458 e. The normalized spacial score (nSPS) is 27.9. The number of carbonyl (C=O) groups is 1. The van der Waals surface area contributed by atoms with Gasteiger partial charge >= 0.3 is 5.97 Å². The quantitative estimate of drug-likeness (QED) is 0.529. The van der Waals surface area contributed by atoms with Gasteiger partial charge < -0.3 is 4.74 Å². The Balaban J connectivity index is 2.83. The van der Waals surface area contributed by atoms with Gasteiger partial charge in [-0.2, -0.15) is 0 Å². The molecular formula is C14H24O2. The SMILES string of the molecule is CC(C)=C1CC(C)C(C(C)C(C)C)OC1=O. The topological polar surface area (TPSA) is 26.3 Å². The number of allylic oxidation sites excluding steroid dienone is 1. The fourth-order valence-corrected chi connectivity index (χ4v) is 2.25. The summed E-state index contributed by atoms with van der Waals surface area (Å²) in [4.78, 5) is 11.8. The number of esters is 1. The summed E-state index contributed by atoms with van der Waals surface area (Å²) < 4.78 is 5.60. The molecule has 1 aliphatic heterocycles. The van der Waals surface area contributed by atoms with Gasteiger partial charge in [-0.3, -0.25) is 0 Å². The largest absolute Gasteiger partial charge is 0.458 e. The summed E-state index contributed by atoms with van der Waals surface area (Å²) in [5.41, 5.74) is 1.97. The van der Waals surface area contributed by atoms with Gasteiger partial charge in [0.25, 0.3) is 0 Å². The van der Waals surface area contributed by atoms with Crippen molar-refractivity contribution in [3.8, 4) is 0 Å². The van der Waals surface area contributed by atoms with Crippen molar-refractivity contribution in [1.29, 1.82) is 0 Å². The lowest BCUT2D eigenvalue weighted by Gasteiger charge is -2.36. The predicted octanol–water partition coefficient (Wildman–Crippen LogP) is 3.57. The van der Waals surface area contributed by atoms with Gasteiger partial charge in [-0.25, -0.2) is 4.79 Å². The smallest absolute Gasteiger partial charge is 0.334 e. The molecule has 1 saturated heterocycles. The Labute approximate surface area is 99.1 Å². The number of hydrogen-bond donors (Lipinski definition) is 0. The van der Waals surface area contributed by atoms with Crippen LogP contribution < -0.4 is 0 Å². The van der Waals surface area contributed by atoms with Gasteiger partial charge in [0.2, 0.25) is 0 Å². The van der Waals surface area contributed by atoms with Crippen molar-refractivity contribution >= 4 is 5.97 Å². The average Bonchev–Trinajstić information content (AvgIpc) is 2.19. The molecule has 1 fully saturated rings. The van der Waals surface area contributed by atoms with Gasteiger partial charge in [-0.15, -0.1) is 0 Å². The molecular weight excluding hydrogens is 200 g/mol. The zero-order chi connectivity index (χ0) is 12.5. The van der Waals surface area contributed by atoms with Crippen LogP contribution >= 0.6 is 0 Å². The Hall–Kier alpha value is -0.790. The van der Waals surface area contributed by atoms with Crippen LogP contribution in [0.15, 0.2) is 11.1 Å². The number of rotatable bonds is 2. The summed E-state index contributed by atoms with van der Waals surface area (Å²) in [6.45, 7) is 12.7. The third-order valence-corrected chi connectivity index (χ3v) is 3.75. The van der Waals surface area contributed by atoms with Gasteiger partial charge in [-0.1, -0.05) is 33.3 Å². The fourth-order valence-electron chi connectivity index (χ4n) is 2.25. The molecule has 0 N–H and O–H groups in total. The standard InChI is InChI=1S/C14H24O2/c1-8(2)11(6)13-10(5)7-12(9(3)4)14(15)16-13/h8,10-11,13H,7H2,1-6H3. The first-order valence-electron chi connectivity index (χ1n) is 6.22. The summed E-state index contributed by atoms with van der Waals surface area (Å²) in [5.74, 6) is 1.31. The molecule has 3 atom stereocenters. The van der Waals surface area contributed by atoms with Crippen molar-refractivity contribution < 1.29 is 9.53 Å². The zero-order valence-electron chi connectivity index (χ0n) is 11.3. The van der Waals surface area contributed by atoms with Crippen molar-refractivity contribution in [3.05, 3.63) is 11.1 Å². The monoisotopic (exact) mass is 224 g/mol. The lowest BCUT2D eigenvalue weighted by molar-refractivity contribution is -0.155. The maximum atomic E-state index is 11.8. The van der Waals surface area contributed by atoms with Crippen molar-refractivity contribution in [1.82, 2.24) is 0 Å². The lowest BCUT2D eigenvalue weighted by atomic mass is 9.80. The van der Waals surface area contributed by atoms with E-state index in [1.807, 2.05) is 13.8 Å². The van der Waals surface area contributed by atoms with Crippen LogP contribution in [0, 0.1) is 17.8 Å². The van der Waals surface area contributed by atoms with E-state index in [-0.39, 0.29) is 12.1 Å². The van der Waals surface area contributed by atoms with Crippen molar-refractivity contribution in [2.75, 3.05) is 0 Å². The number of ether oxygens (including phenoxy) is 1. The third-order valence-electron chi connectivity index (χ3n) is 3.75. The van der Waals surface area contributed by atoms with E-state index in [1.165, 1.54) is 0 Å². The number of carbonyl (C=O) groups excluding carboxylic acids is 1. The van der Waals surface area contributed by atoms with E-state index in [4.69, 9.17) is 4.74 Å². The highest BCUT2D eigenvalue weighted by molar-refractivity contribution is 5.90. The second-order valence-corrected chi connectivity index (χ2v) is 5.63. The first-order valence-corrected chi connectivity index (χ1v) is 6.22. The minimum atomic E-state index is -0.101. The van der Waals surface area contributed by atoms with Crippen molar-refractivity contribution in [3.63, 3.8) is 0 Å². The highest BCUT2D eigenvalue weighted by Crippen LogP contribution is 2.33. The fraction of sp³-hybridized carbons (Fsp3) is 0.786. The zero-order valence-corrected chi connectivity index (χ0v) is 11.3. The first kappa shape index (κ1) is 13.3. The summed E-state index contributed by atoms with van der Waals surface area (Å²) in [6.07, 6.45) is 0.943. The third kappa shape index (κ3) is 2.66. The van der Waals surface area contributed by atoms with Gasteiger partial charge in [-0.05, 0) is 38.0 Å². The second-order valence-electron chi connectivity index (χ2n) is 5.63. The number of cyclic esters (lactones) is 1. The Kier molecular flexibility index (Phi) is 4.17. The molecule has 92 valence electrons. The summed E-state index contributed by atoms with van der Waals surface area (Å²) in [7, 11) is 0. The van der Waals surface area contributed by atoms with Crippen LogP contribution in [0.3, 0.4) is 0 Å². The summed E-state index contributed by atoms with van der Waals surface area (Å²) >= 11 is 0. The molecule has 0 aromatic heterocycles. The molecule has 2 heteroatoms. The molecule has 0 bridgehead atoms. The molecule has 0 radical (unpaired) electrons. The second kappa shape index (κ2) is 5.03. The molecule has 0 saturated carbocycles. The van der Waals surface area contributed by atoms with E-state index < -0.39 is 0 Å². The van der Waals surface area contributed by atoms with Crippen LogP contribution in [-0.4, -0.2) is 12.1 Å². The molecule has 16 heavy (non-hydrogen) atoms. The van der Waals surface area contributed by atoms with E-state index in [0.717, 1.165) is 17.6 Å². The Morgan fingerprint density at radius 2 is 1.88 bits per heavy atom. The van der Waals surface area contributed by atoms with Crippen LogP contribution in [0.4, 0.5) is 0 Å². The van der Waals surface area contributed by atoms with Crippen LogP contribution in [0.2, 0.25) is 0 Å². The molecule has 0 spiro atoms. The van der Waals surface area contributed by atoms with Gasteiger partial charge in [0.15, 0.2) is 0 Å². The van der Waals surface area contributed by atoms with Crippen LogP contribution in [0.25, 0.3) is 0 Å². The minimum absolute atomic E-state index is 0.0793. The van der Waals surface area contributed by atoms with E-state index in [2.05, 4.69) is 27.7 Å². The first-order chi connectivity index (χ1) is 7.34. The molecule has 0 aromatic rings. The lowest BCUT2D eigenvalue weighted by Crippen LogP contribution is -2.39. The van der Waals surface area contributed by atoms with Gasteiger partial charge in [0, 0.05) is 5.57 Å². The highest BCUT2D eigenvalue weighted by Gasteiger charge is 2.35. The Bertz CT molecular complexity index is 298. The van der Waals surface area contributed by atoms with Crippen molar-refractivity contribution in [2.24, 2.45) is 17.8 Å². The van der Waals surface area contributed by atoms with Crippen LogP contribution in [0.1, 0.15) is 48.0 Å². The maximum Gasteiger partial charge on any atom is 0.334 e. The molecule has 0 amide bonds. The molecule has 1 aliphatic rings. The Morgan fingerprint density at radius 1 is 1.31 bits per heavy atom. The van der Waals surface area contributed by atoms with Gasteiger partial charge in [0.05, 0.1) is 0 Å². The number of hydrogen-bond acceptors (Lipinski definition) is 2. The van der Waals surface area contributed by atoms with E-state index >= 15 is 0 Å². The van der Waals surface area contributed by atoms with Crippen LogP contribution in [-0.2, 0) is 9.53 Å². The predicted molar refractivity (Wildman–Crippen MR) is 66.0 cm³/mol. The van der Waals surface area contributed by atoms with Crippen LogP contribution in [0.5, 0.6) is 0 Å². The Morgan fingerprint density at radius 3 is 2.31 bits per heavy atom. The molecule has 3 unspecified atom stereocenters. The maximum absolute atomic E-state index is 11.8. The molecule has 0 aromatic carbocycles. The highest BCUT2D eigenvalue weighted by atomic mass is 16.5. The molecule has 1 heterocycles. The molecule has 0 aliphatic carbocycles. The summed E-state index contributed by atoms with van der Waals surface area (Å²) in [5, 5.41) is 0. The van der Waals surface area contributed by atoms with E-state index in [9.17, 15) is 4.79 Å². The van der Waals surface area contributed by atoms with Gasteiger partial charge in [0.1, 0.15) is 6.10 Å².